The molecule has 0 bridgehead atoms. The first-order valence-corrected chi connectivity index (χ1v) is 10.8. The Morgan fingerprint density at radius 1 is 0.636 bits per heavy atom. The van der Waals surface area contributed by atoms with Gasteiger partial charge >= 0.3 is 0 Å². The molecule has 0 radical (unpaired) electrons. The van der Waals surface area contributed by atoms with Crippen molar-refractivity contribution in [3.8, 4) is 45.4 Å². The molecule has 4 nitrogen and oxygen atoms in total. The molecule has 162 valence electrons. The molecular weight excluding hydrogens is 408 g/mol. The minimum Gasteiger partial charge on any atom is -0.497 e. The minimum atomic E-state index is 0.794. The van der Waals surface area contributed by atoms with Crippen molar-refractivity contribution < 1.29 is 14.0 Å². The number of imidazole rings is 1. The number of hydrogen-bond donors (Lipinski definition) is 0. The SMILES string of the molecule is COc1cccc(-n2[c-][n+](-c3cccc(OC)c3)c(-c3ccccc3)c2-c2ccccc2)c1. The van der Waals surface area contributed by atoms with Gasteiger partial charge in [0, 0.05) is 0 Å². The number of aromatic nitrogens is 2. The van der Waals surface area contributed by atoms with Gasteiger partial charge in [-0.3, -0.25) is 9.13 Å². The fourth-order valence-electron chi connectivity index (χ4n) is 4.01. The maximum absolute atomic E-state index is 5.51. The van der Waals surface area contributed by atoms with Crippen LogP contribution >= 0.6 is 0 Å². The predicted molar refractivity (Wildman–Crippen MR) is 130 cm³/mol. The van der Waals surface area contributed by atoms with Gasteiger partial charge in [0.15, 0.2) is 0 Å². The molecule has 33 heavy (non-hydrogen) atoms. The van der Waals surface area contributed by atoms with E-state index in [1.807, 2.05) is 48.5 Å². The Morgan fingerprint density at radius 3 is 1.91 bits per heavy atom. The van der Waals surface area contributed by atoms with E-state index in [0.717, 1.165) is 45.4 Å². The Bertz CT molecular complexity index is 1270. The van der Waals surface area contributed by atoms with Crippen molar-refractivity contribution in [1.29, 1.82) is 0 Å². The van der Waals surface area contributed by atoms with Gasteiger partial charge in [-0.15, -0.1) is 0 Å². The van der Waals surface area contributed by atoms with E-state index in [1.165, 1.54) is 0 Å². The van der Waals surface area contributed by atoms with Gasteiger partial charge in [0.25, 0.3) is 6.33 Å². The number of nitrogens with zero attached hydrogens (tertiary/aromatic N) is 2. The molecule has 5 rings (SSSR count). The van der Waals surface area contributed by atoms with Crippen LogP contribution in [0.3, 0.4) is 0 Å². The van der Waals surface area contributed by atoms with Crippen LogP contribution in [0.15, 0.2) is 109 Å². The molecule has 4 aromatic carbocycles. The molecule has 1 heterocycles. The average Bonchev–Trinajstić information content (AvgIpc) is 3.30. The Morgan fingerprint density at radius 2 is 1.24 bits per heavy atom. The van der Waals surface area contributed by atoms with Crippen molar-refractivity contribution in [3.05, 3.63) is 116 Å². The van der Waals surface area contributed by atoms with Crippen molar-refractivity contribution in [2.45, 2.75) is 0 Å². The van der Waals surface area contributed by atoms with Crippen LogP contribution in [-0.4, -0.2) is 18.8 Å². The number of methoxy groups -OCH3 is 2. The molecule has 4 heteroatoms. The fraction of sp³-hybridized carbons (Fsp3) is 0.0690. The lowest BCUT2D eigenvalue weighted by molar-refractivity contribution is -0.587. The van der Waals surface area contributed by atoms with Crippen LogP contribution in [0.25, 0.3) is 33.9 Å². The molecule has 0 fully saturated rings. The molecule has 5 aromatic rings. The summed E-state index contributed by atoms with van der Waals surface area (Å²) in [5, 5.41) is 0. The van der Waals surface area contributed by atoms with Crippen LogP contribution in [0, 0.1) is 6.33 Å². The second-order valence-electron chi connectivity index (χ2n) is 7.60. The zero-order valence-corrected chi connectivity index (χ0v) is 18.6. The Hall–Kier alpha value is -4.31. The number of ether oxygens (including phenoxy) is 2. The predicted octanol–water partition coefficient (Wildman–Crippen LogP) is 5.91. The van der Waals surface area contributed by atoms with E-state index in [9.17, 15) is 0 Å². The normalized spacial score (nSPS) is 10.7. The highest BCUT2D eigenvalue weighted by atomic mass is 16.5. The first kappa shape index (κ1) is 20.6. The van der Waals surface area contributed by atoms with Gasteiger partial charge in [-0.05, 0) is 47.5 Å². The maximum Gasteiger partial charge on any atom is 0.269 e. The molecule has 0 saturated heterocycles. The van der Waals surface area contributed by atoms with E-state index >= 15 is 0 Å². The monoisotopic (exact) mass is 432 g/mol. The Labute approximate surface area is 193 Å². The third kappa shape index (κ3) is 3.99. The van der Waals surface area contributed by atoms with E-state index in [4.69, 9.17) is 9.47 Å². The van der Waals surface area contributed by atoms with E-state index in [2.05, 4.69) is 76.1 Å². The fourth-order valence-corrected chi connectivity index (χ4v) is 4.01. The van der Waals surface area contributed by atoms with Gasteiger partial charge in [-0.1, -0.05) is 72.8 Å². The molecule has 0 saturated carbocycles. The summed E-state index contributed by atoms with van der Waals surface area (Å²) in [5.74, 6) is 1.59. The lowest BCUT2D eigenvalue weighted by Crippen LogP contribution is -2.31. The molecule has 0 spiro atoms. The summed E-state index contributed by atoms with van der Waals surface area (Å²) >= 11 is 0. The molecule has 0 aliphatic carbocycles. The number of hydrogen-bond acceptors (Lipinski definition) is 2. The summed E-state index contributed by atoms with van der Waals surface area (Å²) in [5.41, 5.74) is 6.20. The van der Waals surface area contributed by atoms with Crippen LogP contribution in [-0.2, 0) is 0 Å². The molecule has 0 atom stereocenters. The maximum atomic E-state index is 5.51. The minimum absolute atomic E-state index is 0.794. The molecule has 0 N–H and O–H groups in total. The summed E-state index contributed by atoms with van der Waals surface area (Å²) in [6.07, 6.45) is 3.60. The summed E-state index contributed by atoms with van der Waals surface area (Å²) in [4.78, 5) is 0. The standard InChI is InChI=1S/C29H24N2O2/c1-32-26-17-9-15-24(19-26)30-21-31(25-16-10-18-27(20-25)33-2)29(23-13-7-4-8-14-23)28(30)22-11-5-3-6-12-22/h3-20H,1-2H3. The third-order valence-electron chi connectivity index (χ3n) is 5.59. The highest BCUT2D eigenvalue weighted by Crippen LogP contribution is 2.34. The summed E-state index contributed by atoms with van der Waals surface area (Å²) < 4.78 is 15.2. The summed E-state index contributed by atoms with van der Waals surface area (Å²) in [7, 11) is 3.37. The lowest BCUT2D eigenvalue weighted by atomic mass is 10.0. The van der Waals surface area contributed by atoms with Crippen LogP contribution < -0.4 is 14.0 Å². The highest BCUT2D eigenvalue weighted by Gasteiger charge is 2.22. The van der Waals surface area contributed by atoms with Gasteiger partial charge in [-0.2, -0.15) is 0 Å². The first-order chi connectivity index (χ1) is 16.3. The molecule has 0 unspecified atom stereocenters. The largest absolute Gasteiger partial charge is 0.497 e. The average molecular weight is 433 g/mol. The van der Waals surface area contributed by atoms with Crippen molar-refractivity contribution in [1.82, 2.24) is 4.57 Å². The molecule has 1 aromatic heterocycles. The van der Waals surface area contributed by atoms with Crippen LogP contribution in [0.2, 0.25) is 0 Å². The molecule has 0 aliphatic rings. The second-order valence-corrected chi connectivity index (χ2v) is 7.60. The smallest absolute Gasteiger partial charge is 0.269 e. The van der Waals surface area contributed by atoms with Crippen molar-refractivity contribution >= 4 is 0 Å². The molecular formula is C29H24N2O2. The van der Waals surface area contributed by atoms with Gasteiger partial charge in [0.05, 0.1) is 37.0 Å². The lowest BCUT2D eigenvalue weighted by Gasteiger charge is -2.13. The van der Waals surface area contributed by atoms with E-state index in [1.54, 1.807) is 14.2 Å². The van der Waals surface area contributed by atoms with Crippen molar-refractivity contribution in [3.63, 3.8) is 0 Å². The van der Waals surface area contributed by atoms with Gasteiger partial charge in [0.1, 0.15) is 11.5 Å². The Kier molecular flexibility index (Phi) is 5.64. The third-order valence-corrected chi connectivity index (χ3v) is 5.59. The zero-order chi connectivity index (χ0) is 22.6. The number of rotatable bonds is 6. The van der Waals surface area contributed by atoms with E-state index in [-0.39, 0.29) is 0 Å². The molecule has 0 aliphatic heterocycles. The quantitative estimate of drug-likeness (QED) is 0.247. The Balaban J connectivity index is 1.87. The van der Waals surface area contributed by atoms with Gasteiger partial charge in [-0.25, -0.2) is 0 Å². The van der Waals surface area contributed by atoms with Crippen LogP contribution in [0.4, 0.5) is 0 Å². The highest BCUT2D eigenvalue weighted by molar-refractivity contribution is 5.78. The van der Waals surface area contributed by atoms with Crippen molar-refractivity contribution in [2.24, 2.45) is 0 Å². The van der Waals surface area contributed by atoms with Gasteiger partial charge < -0.3 is 9.47 Å². The van der Waals surface area contributed by atoms with Gasteiger partial charge in [0.2, 0.25) is 0 Å². The first-order valence-electron chi connectivity index (χ1n) is 10.8. The van der Waals surface area contributed by atoms with Crippen LogP contribution in [0.1, 0.15) is 0 Å². The molecule has 0 amide bonds. The summed E-state index contributed by atoms with van der Waals surface area (Å²) in [6.45, 7) is 0. The van der Waals surface area contributed by atoms with Crippen LogP contribution in [0.5, 0.6) is 11.5 Å². The topological polar surface area (TPSA) is 27.3 Å². The zero-order valence-electron chi connectivity index (χ0n) is 18.6. The number of benzene rings is 4. The van der Waals surface area contributed by atoms with Crippen molar-refractivity contribution in [2.75, 3.05) is 14.2 Å². The summed E-state index contributed by atoms with van der Waals surface area (Å²) in [6, 6.07) is 36.9. The van der Waals surface area contributed by atoms with E-state index < -0.39 is 0 Å². The second kappa shape index (κ2) is 9.05. The van der Waals surface area contributed by atoms with E-state index in [0.29, 0.717) is 0 Å².